The lowest BCUT2D eigenvalue weighted by Gasteiger charge is -2.28. The van der Waals surface area contributed by atoms with Crippen LogP contribution < -0.4 is 9.80 Å². The molecular weight excluding hydrogens is 1050 g/mol. The van der Waals surface area contributed by atoms with Crippen LogP contribution in [0.3, 0.4) is 0 Å². The van der Waals surface area contributed by atoms with Gasteiger partial charge in [0, 0.05) is 116 Å². The summed E-state index contributed by atoms with van der Waals surface area (Å²) in [5.74, 6) is 0.791. The predicted molar refractivity (Wildman–Crippen MR) is 363 cm³/mol. The minimum absolute atomic E-state index is 0.396. The van der Waals surface area contributed by atoms with E-state index in [9.17, 15) is 0 Å². The Kier molecular flexibility index (Phi) is 9.63. The molecule has 6 aromatic heterocycles. The molecule has 0 aliphatic rings. The first-order valence-electron chi connectivity index (χ1n) is 30.1. The number of anilines is 6. The molecule has 0 fully saturated rings. The van der Waals surface area contributed by atoms with E-state index in [-0.39, 0.29) is 0 Å². The van der Waals surface area contributed by atoms with Gasteiger partial charge in [-0.2, -0.15) is 0 Å². The van der Waals surface area contributed by atoms with Crippen LogP contribution in [0.1, 0.15) is 50.7 Å². The average molecular weight is 1100 g/mol. The van der Waals surface area contributed by atoms with Gasteiger partial charge in [-0.1, -0.05) is 173 Å². The van der Waals surface area contributed by atoms with E-state index in [0.29, 0.717) is 11.8 Å². The second kappa shape index (κ2) is 17.4. The molecule has 6 heteroatoms. The molecule has 0 radical (unpaired) electrons. The van der Waals surface area contributed by atoms with Crippen molar-refractivity contribution in [2.75, 3.05) is 9.80 Å². The topological polar surface area (TPSA) is 41.6 Å². The lowest BCUT2D eigenvalue weighted by molar-refractivity contribution is 0.656. The quantitative estimate of drug-likeness (QED) is 0.152. The van der Waals surface area contributed by atoms with Crippen LogP contribution in [0, 0.1) is 0 Å². The van der Waals surface area contributed by atoms with Gasteiger partial charge in [0.15, 0.2) is 0 Å². The summed E-state index contributed by atoms with van der Waals surface area (Å²) in [4.78, 5) is 4.91. The smallest absolute Gasteiger partial charge is 0.139 e. The highest BCUT2D eigenvalue weighted by Crippen LogP contribution is 2.52. The van der Waals surface area contributed by atoms with Gasteiger partial charge in [-0.05, 0) is 113 Å². The number of furan rings is 2. The molecule has 0 bridgehead atoms. The number of para-hydroxylation sites is 4. The van der Waals surface area contributed by atoms with Crippen molar-refractivity contribution in [3.05, 3.63) is 254 Å². The molecule has 0 saturated heterocycles. The molecule has 6 nitrogen and oxygen atoms in total. The van der Waals surface area contributed by atoms with Gasteiger partial charge in [0.2, 0.25) is 0 Å². The van der Waals surface area contributed by atoms with Crippen molar-refractivity contribution >= 4 is 176 Å². The van der Waals surface area contributed by atoms with Crippen molar-refractivity contribution in [2.45, 2.75) is 39.5 Å². The molecule has 0 saturated carbocycles. The molecule has 0 N–H and O–H groups in total. The number of nitrogens with zero attached hydrogens (tertiary/aromatic N) is 4. The van der Waals surface area contributed by atoms with Crippen LogP contribution in [-0.4, -0.2) is 8.80 Å². The lowest BCUT2D eigenvalue weighted by atomic mass is 9.97. The third-order valence-corrected chi connectivity index (χ3v) is 19.0. The van der Waals surface area contributed by atoms with Crippen LogP contribution in [0.5, 0.6) is 0 Å². The van der Waals surface area contributed by atoms with Gasteiger partial charge < -0.3 is 27.4 Å². The van der Waals surface area contributed by atoms with E-state index in [1.165, 1.54) is 87.3 Å². The summed E-state index contributed by atoms with van der Waals surface area (Å²) in [5, 5.41) is 18.7. The zero-order valence-electron chi connectivity index (χ0n) is 47.9. The molecule has 0 aliphatic heterocycles. The standard InChI is InChI=1S/C80H54N4O2/c1-45(2)47-29-33-49(34-30-47)81(51-37-61-55-19-9-13-25-67(55)83-68-26-14-10-20-56(68)62(38-51)79(61)83)71-42-75-77(59-23-7-5-17-53(59)71)65-41-66-74(44-73(65)85-75)86-76-43-72(54-18-6-8-24-60(54)78(66)76)82(50-35-31-48(32-36-50)46(3)4)52-39-63-57-21-11-15-27-69(57)84-70-28-16-12-22-58(70)64(40-52)80(63)84/h5-46H,1-4H3. The van der Waals surface area contributed by atoms with E-state index < -0.39 is 0 Å². The normalized spacial score (nSPS) is 12.6. The highest BCUT2D eigenvalue weighted by molar-refractivity contribution is 6.30. The fraction of sp³-hybridized carbons (Fsp3) is 0.0750. The first kappa shape index (κ1) is 47.6. The summed E-state index contributed by atoms with van der Waals surface area (Å²) in [5.41, 5.74) is 19.6. The summed E-state index contributed by atoms with van der Waals surface area (Å²) in [6.45, 7) is 9.04. The predicted octanol–water partition coefficient (Wildman–Crippen LogP) is 23.3. The Balaban J connectivity index is 0.834. The maximum atomic E-state index is 7.19. The molecule has 19 rings (SSSR count). The number of hydrogen-bond acceptors (Lipinski definition) is 4. The highest BCUT2D eigenvalue weighted by Gasteiger charge is 2.28. The number of fused-ring (bicyclic) bond motifs is 22. The summed E-state index contributed by atoms with van der Waals surface area (Å²) in [7, 11) is 0. The lowest BCUT2D eigenvalue weighted by Crippen LogP contribution is -2.11. The van der Waals surface area contributed by atoms with Gasteiger partial charge in [0.25, 0.3) is 0 Å². The number of benzene rings is 13. The third-order valence-electron chi connectivity index (χ3n) is 19.0. The zero-order chi connectivity index (χ0) is 56.8. The van der Waals surface area contributed by atoms with Crippen LogP contribution in [0.4, 0.5) is 34.1 Å². The molecule has 13 aromatic carbocycles. The van der Waals surface area contributed by atoms with E-state index >= 15 is 0 Å². The first-order chi connectivity index (χ1) is 42.3. The Morgan fingerprint density at radius 2 is 0.581 bits per heavy atom. The van der Waals surface area contributed by atoms with E-state index in [2.05, 4.69) is 289 Å². The van der Waals surface area contributed by atoms with Crippen molar-refractivity contribution in [3.8, 4) is 0 Å². The molecule has 0 spiro atoms. The summed E-state index contributed by atoms with van der Waals surface area (Å²) >= 11 is 0. The minimum Gasteiger partial charge on any atom is -0.456 e. The summed E-state index contributed by atoms with van der Waals surface area (Å²) in [6, 6.07) is 90.0. The van der Waals surface area contributed by atoms with Crippen molar-refractivity contribution < 1.29 is 8.83 Å². The number of aromatic nitrogens is 2. The van der Waals surface area contributed by atoms with Crippen molar-refractivity contribution in [3.63, 3.8) is 0 Å². The van der Waals surface area contributed by atoms with Crippen LogP contribution in [0.25, 0.3) is 142 Å². The molecule has 6 heterocycles. The Morgan fingerprint density at radius 1 is 0.267 bits per heavy atom. The van der Waals surface area contributed by atoms with Crippen LogP contribution in [0.2, 0.25) is 0 Å². The van der Waals surface area contributed by atoms with Gasteiger partial charge in [0.1, 0.15) is 22.3 Å². The second-order valence-electron chi connectivity index (χ2n) is 24.4. The van der Waals surface area contributed by atoms with Crippen molar-refractivity contribution in [2.24, 2.45) is 0 Å². The van der Waals surface area contributed by atoms with Crippen LogP contribution in [-0.2, 0) is 0 Å². The van der Waals surface area contributed by atoms with Gasteiger partial charge in [-0.15, -0.1) is 0 Å². The molecule has 0 atom stereocenters. The van der Waals surface area contributed by atoms with Gasteiger partial charge in [-0.3, -0.25) is 0 Å². The van der Waals surface area contributed by atoms with Crippen LogP contribution >= 0.6 is 0 Å². The Bertz CT molecular complexity index is 5500. The molecular formula is C80H54N4O2. The molecule has 0 unspecified atom stereocenters. The van der Waals surface area contributed by atoms with E-state index in [0.717, 1.165) is 99.5 Å². The maximum Gasteiger partial charge on any atom is 0.139 e. The fourth-order valence-electron chi connectivity index (χ4n) is 15.1. The van der Waals surface area contributed by atoms with Crippen molar-refractivity contribution in [1.29, 1.82) is 0 Å². The molecule has 86 heavy (non-hydrogen) atoms. The van der Waals surface area contributed by atoms with Gasteiger partial charge >= 0.3 is 0 Å². The Morgan fingerprint density at radius 3 is 0.919 bits per heavy atom. The summed E-state index contributed by atoms with van der Waals surface area (Å²) in [6.07, 6.45) is 0. The molecule has 406 valence electrons. The first-order valence-corrected chi connectivity index (χ1v) is 30.1. The Hall–Kier alpha value is -10.8. The minimum atomic E-state index is 0.396. The SMILES string of the molecule is CC(C)c1ccc(N(c2cc3c4ccccc4n4c5ccccc5c(c2)c34)c2cc3oc4cc5oc6cc(N(c7ccc(C(C)C)cc7)c7cc8c9ccccc9n9c%10ccccc%10c(c7)c89)c7ccccc7c6c5cc4c3c3ccccc23)cc1. The molecule has 0 aliphatic carbocycles. The van der Waals surface area contributed by atoms with E-state index in [1.807, 2.05) is 0 Å². The summed E-state index contributed by atoms with van der Waals surface area (Å²) < 4.78 is 19.3. The van der Waals surface area contributed by atoms with Gasteiger partial charge in [0.05, 0.1) is 44.5 Å². The van der Waals surface area contributed by atoms with Gasteiger partial charge in [-0.25, -0.2) is 0 Å². The fourth-order valence-corrected chi connectivity index (χ4v) is 15.1. The highest BCUT2D eigenvalue weighted by atomic mass is 16.3. The van der Waals surface area contributed by atoms with Crippen molar-refractivity contribution in [1.82, 2.24) is 8.80 Å². The number of hydrogen-bond donors (Lipinski definition) is 0. The largest absolute Gasteiger partial charge is 0.456 e. The Labute approximate surface area is 493 Å². The average Bonchev–Trinajstić information content (AvgIpc) is 1.57. The second-order valence-corrected chi connectivity index (χ2v) is 24.4. The van der Waals surface area contributed by atoms with E-state index in [1.54, 1.807) is 0 Å². The molecule has 0 amide bonds. The maximum absolute atomic E-state index is 7.19. The monoisotopic (exact) mass is 1100 g/mol. The zero-order valence-corrected chi connectivity index (χ0v) is 47.9. The number of rotatable bonds is 8. The molecule has 19 aromatic rings. The van der Waals surface area contributed by atoms with Crippen LogP contribution in [0.15, 0.2) is 251 Å². The van der Waals surface area contributed by atoms with E-state index in [4.69, 9.17) is 8.83 Å². The third kappa shape index (κ3) is 6.45.